The predicted octanol–water partition coefficient (Wildman–Crippen LogP) is 3.39. The molecule has 1 aromatic rings. The minimum atomic E-state index is -3.47. The lowest BCUT2D eigenvalue weighted by molar-refractivity contribution is 0.211. The van der Waals surface area contributed by atoms with Crippen molar-refractivity contribution in [3.8, 4) is 5.75 Å². The number of hydrogen-bond acceptors (Lipinski definition) is 4. The first-order chi connectivity index (χ1) is 8.81. The molecule has 0 radical (unpaired) electrons. The second-order valence-corrected chi connectivity index (χ2v) is 4.28. The molecule has 0 aliphatic carbocycles. The second-order valence-electron chi connectivity index (χ2n) is 3.01. The molecular formula is C9H6F5O4P. The van der Waals surface area contributed by atoms with E-state index in [1.807, 2.05) is 0 Å². The fraction of sp³-hybridized carbons (Fsp3) is 0.222. The SMILES string of the molecule is CCO[PH](=O)C(=O)Oc1c(F)c(F)c(F)c(F)c1F. The first-order valence-electron chi connectivity index (χ1n) is 4.71. The quantitative estimate of drug-likeness (QED) is 0.370. The largest absolute Gasteiger partial charge is 0.413 e. The number of ether oxygens (including phenoxy) is 1. The van der Waals surface area contributed by atoms with E-state index in [1.54, 1.807) is 0 Å². The van der Waals surface area contributed by atoms with E-state index >= 15 is 0 Å². The normalized spacial score (nSPS) is 12.3. The van der Waals surface area contributed by atoms with Crippen LogP contribution in [0.25, 0.3) is 0 Å². The van der Waals surface area contributed by atoms with E-state index in [1.165, 1.54) is 6.92 Å². The minimum Gasteiger partial charge on any atom is -0.413 e. The van der Waals surface area contributed by atoms with Crippen LogP contribution in [0, 0.1) is 29.1 Å². The maximum Gasteiger partial charge on any atom is 0.394 e. The summed E-state index contributed by atoms with van der Waals surface area (Å²) in [6, 6.07) is 0. The van der Waals surface area contributed by atoms with E-state index in [0.29, 0.717) is 0 Å². The zero-order valence-corrected chi connectivity index (χ0v) is 10.2. The Kier molecular flexibility index (Phi) is 5.02. The van der Waals surface area contributed by atoms with E-state index in [4.69, 9.17) is 0 Å². The Balaban J connectivity index is 3.16. The highest BCUT2D eigenvalue weighted by molar-refractivity contribution is 7.58. The molecule has 19 heavy (non-hydrogen) atoms. The van der Waals surface area contributed by atoms with Crippen LogP contribution in [-0.4, -0.2) is 12.3 Å². The van der Waals surface area contributed by atoms with E-state index < -0.39 is 48.6 Å². The molecule has 0 heterocycles. The molecule has 106 valence electrons. The first-order valence-corrected chi connectivity index (χ1v) is 6.03. The van der Waals surface area contributed by atoms with Crippen molar-refractivity contribution in [2.75, 3.05) is 6.61 Å². The fourth-order valence-corrected chi connectivity index (χ4v) is 1.56. The fourth-order valence-electron chi connectivity index (χ4n) is 0.999. The highest BCUT2D eigenvalue weighted by Crippen LogP contribution is 2.33. The molecule has 0 spiro atoms. The van der Waals surface area contributed by atoms with Gasteiger partial charge in [0.15, 0.2) is 0 Å². The van der Waals surface area contributed by atoms with Crippen LogP contribution in [0.5, 0.6) is 5.75 Å². The van der Waals surface area contributed by atoms with Gasteiger partial charge in [0, 0.05) is 0 Å². The van der Waals surface area contributed by atoms with Gasteiger partial charge in [-0.3, -0.25) is 4.57 Å². The molecule has 1 unspecified atom stereocenters. The highest BCUT2D eigenvalue weighted by Gasteiger charge is 2.29. The van der Waals surface area contributed by atoms with Crippen molar-refractivity contribution >= 4 is 13.7 Å². The van der Waals surface area contributed by atoms with Crippen molar-refractivity contribution in [3.05, 3.63) is 29.1 Å². The molecule has 0 aliphatic heterocycles. The monoisotopic (exact) mass is 304 g/mol. The van der Waals surface area contributed by atoms with Crippen LogP contribution in [0.2, 0.25) is 0 Å². The van der Waals surface area contributed by atoms with Crippen LogP contribution in [0.15, 0.2) is 0 Å². The molecule has 0 amide bonds. The Morgan fingerprint density at radius 3 is 1.84 bits per heavy atom. The van der Waals surface area contributed by atoms with Gasteiger partial charge >= 0.3 is 5.71 Å². The predicted molar refractivity (Wildman–Crippen MR) is 52.9 cm³/mol. The van der Waals surface area contributed by atoms with Gasteiger partial charge in [0.25, 0.3) is 8.03 Å². The van der Waals surface area contributed by atoms with Gasteiger partial charge in [-0.2, -0.15) is 8.78 Å². The van der Waals surface area contributed by atoms with Gasteiger partial charge in [0.2, 0.25) is 34.8 Å². The maximum absolute atomic E-state index is 13.1. The second kappa shape index (κ2) is 6.12. The molecule has 0 N–H and O–H groups in total. The van der Waals surface area contributed by atoms with Crippen LogP contribution in [0.1, 0.15) is 6.92 Å². The molecule has 4 nitrogen and oxygen atoms in total. The summed E-state index contributed by atoms with van der Waals surface area (Å²) in [5, 5.41) is 0. The van der Waals surface area contributed by atoms with Crippen molar-refractivity contribution in [1.82, 2.24) is 0 Å². The summed E-state index contributed by atoms with van der Waals surface area (Å²) in [5.74, 6) is -13.4. The smallest absolute Gasteiger partial charge is 0.394 e. The molecule has 0 aliphatic rings. The van der Waals surface area contributed by atoms with Crippen molar-refractivity contribution < 1.29 is 40.6 Å². The topological polar surface area (TPSA) is 52.6 Å². The van der Waals surface area contributed by atoms with Crippen molar-refractivity contribution in [1.29, 1.82) is 0 Å². The summed E-state index contributed by atoms with van der Waals surface area (Å²) in [6.45, 7) is 1.21. The zero-order chi connectivity index (χ0) is 14.7. The molecule has 0 saturated carbocycles. The highest BCUT2D eigenvalue weighted by atomic mass is 31.1. The molecule has 1 aromatic carbocycles. The lowest BCUT2D eigenvalue weighted by Crippen LogP contribution is -2.10. The minimum absolute atomic E-state index is 0.163. The van der Waals surface area contributed by atoms with Crippen LogP contribution in [-0.2, 0) is 9.09 Å². The molecule has 10 heteroatoms. The van der Waals surface area contributed by atoms with Gasteiger partial charge < -0.3 is 9.26 Å². The third-order valence-corrected chi connectivity index (χ3v) is 2.79. The average molecular weight is 304 g/mol. The molecule has 1 rings (SSSR count). The average Bonchev–Trinajstić information content (AvgIpc) is 2.39. The van der Waals surface area contributed by atoms with E-state index in [0.717, 1.165) is 0 Å². The van der Waals surface area contributed by atoms with E-state index in [9.17, 15) is 31.3 Å². The summed E-state index contributed by atoms with van der Waals surface area (Å²) in [7, 11) is -3.47. The van der Waals surface area contributed by atoms with Gasteiger partial charge in [0.1, 0.15) is 0 Å². The summed E-state index contributed by atoms with van der Waals surface area (Å²) in [5.41, 5.74) is -1.73. The van der Waals surface area contributed by atoms with E-state index in [-0.39, 0.29) is 6.61 Å². The number of halogens is 5. The summed E-state index contributed by atoms with van der Waals surface area (Å²) in [4.78, 5) is 11.0. The van der Waals surface area contributed by atoms with Gasteiger partial charge in [-0.05, 0) is 6.92 Å². The Labute approximate surface area is 104 Å². The third-order valence-electron chi connectivity index (χ3n) is 1.81. The number of benzene rings is 1. The number of carbonyl (C=O) groups is 1. The summed E-state index contributed by atoms with van der Waals surface area (Å²) in [6.07, 6.45) is 0. The number of rotatable bonds is 4. The number of hydrogen-bond donors (Lipinski definition) is 0. The zero-order valence-electron chi connectivity index (χ0n) is 9.23. The van der Waals surface area contributed by atoms with Crippen LogP contribution >= 0.6 is 8.03 Å². The maximum atomic E-state index is 13.1. The first kappa shape index (κ1) is 15.6. The lowest BCUT2D eigenvalue weighted by atomic mass is 10.3. The molecule has 0 bridgehead atoms. The van der Waals surface area contributed by atoms with Crippen molar-refractivity contribution in [2.24, 2.45) is 0 Å². The standard InChI is InChI=1S/C9H6F5O4P/c1-2-17-19(16)9(15)18-8-6(13)4(11)3(10)5(12)7(8)14/h19H,2H2,1H3. The molecule has 0 saturated heterocycles. The summed E-state index contributed by atoms with van der Waals surface area (Å²) >= 11 is 0. The van der Waals surface area contributed by atoms with Crippen molar-refractivity contribution in [2.45, 2.75) is 6.92 Å². The van der Waals surface area contributed by atoms with Crippen LogP contribution in [0.4, 0.5) is 26.7 Å². The molecule has 0 fully saturated rings. The lowest BCUT2D eigenvalue weighted by Gasteiger charge is -2.08. The molecule has 1 atom stereocenters. The van der Waals surface area contributed by atoms with Gasteiger partial charge in [-0.15, -0.1) is 0 Å². The Hall–Kier alpha value is -1.47. The number of carbonyl (C=O) groups excluding carboxylic acids is 1. The van der Waals surface area contributed by atoms with Crippen molar-refractivity contribution in [3.63, 3.8) is 0 Å². The summed E-state index contributed by atoms with van der Waals surface area (Å²) < 4.78 is 83.5. The van der Waals surface area contributed by atoms with Gasteiger partial charge in [-0.25, -0.2) is 18.0 Å². The molecular weight excluding hydrogens is 298 g/mol. The van der Waals surface area contributed by atoms with Crippen LogP contribution in [0.3, 0.4) is 0 Å². The third kappa shape index (κ3) is 3.10. The molecule has 0 aromatic heterocycles. The van der Waals surface area contributed by atoms with Gasteiger partial charge in [-0.1, -0.05) is 0 Å². The Bertz CT molecular complexity index is 519. The van der Waals surface area contributed by atoms with Gasteiger partial charge in [0.05, 0.1) is 6.61 Å². The van der Waals surface area contributed by atoms with Crippen LogP contribution < -0.4 is 4.74 Å². The Morgan fingerprint density at radius 2 is 1.42 bits per heavy atom. The Morgan fingerprint density at radius 1 is 1.00 bits per heavy atom. The van der Waals surface area contributed by atoms with E-state index in [2.05, 4.69) is 9.26 Å².